The van der Waals surface area contributed by atoms with E-state index in [0.717, 1.165) is 24.8 Å². The van der Waals surface area contributed by atoms with E-state index in [2.05, 4.69) is 20.8 Å². The number of carbonyl (C=O) groups is 1. The van der Waals surface area contributed by atoms with E-state index in [4.69, 9.17) is 4.42 Å². The number of rotatable bonds is 3. The van der Waals surface area contributed by atoms with Crippen LogP contribution in [0.2, 0.25) is 0 Å². The molecule has 0 aromatic carbocycles. The number of aryl methyl sites for hydroxylation is 1. The minimum absolute atomic E-state index is 0.0808. The fraction of sp³-hybridized carbons (Fsp3) is 0.750. The number of aliphatic hydroxyl groups is 2. The van der Waals surface area contributed by atoms with E-state index in [1.165, 1.54) is 0 Å². The van der Waals surface area contributed by atoms with E-state index in [0.29, 0.717) is 12.8 Å². The molecule has 5 unspecified atom stereocenters. The van der Waals surface area contributed by atoms with E-state index in [1.54, 1.807) is 12.5 Å². The third-order valence-corrected chi connectivity index (χ3v) is 7.10. The number of ketones is 1. The van der Waals surface area contributed by atoms with Gasteiger partial charge in [-0.1, -0.05) is 34.1 Å². The van der Waals surface area contributed by atoms with Crippen LogP contribution in [0.5, 0.6) is 0 Å². The largest absolute Gasteiger partial charge is 0.472 e. The average molecular weight is 334 g/mol. The molecule has 2 saturated carbocycles. The molecule has 0 saturated heterocycles. The average Bonchev–Trinajstić information content (AvgIpc) is 3.02. The Morgan fingerprint density at radius 1 is 1.29 bits per heavy atom. The molecule has 2 N–H and O–H groups in total. The summed E-state index contributed by atoms with van der Waals surface area (Å²) in [6.07, 6.45) is 6.24. The predicted octanol–water partition coefficient (Wildman–Crippen LogP) is 3.36. The van der Waals surface area contributed by atoms with Gasteiger partial charge in [-0.05, 0) is 42.7 Å². The fourth-order valence-corrected chi connectivity index (χ4v) is 5.71. The number of furan rings is 1. The second-order valence-electron chi connectivity index (χ2n) is 8.88. The summed E-state index contributed by atoms with van der Waals surface area (Å²) in [6.45, 7) is 8.09. The van der Waals surface area contributed by atoms with Crippen LogP contribution >= 0.6 is 0 Å². The molecule has 0 aliphatic heterocycles. The van der Waals surface area contributed by atoms with E-state index in [9.17, 15) is 15.0 Å². The highest BCUT2D eigenvalue weighted by molar-refractivity contribution is 5.88. The van der Waals surface area contributed by atoms with Crippen LogP contribution in [0.25, 0.3) is 0 Å². The summed E-state index contributed by atoms with van der Waals surface area (Å²) < 4.78 is 5.13. The minimum Gasteiger partial charge on any atom is -0.472 e. The first-order valence-electron chi connectivity index (χ1n) is 9.09. The molecule has 3 rings (SSSR count). The topological polar surface area (TPSA) is 70.7 Å². The zero-order chi connectivity index (χ0) is 17.8. The van der Waals surface area contributed by atoms with E-state index in [-0.39, 0.29) is 17.1 Å². The van der Waals surface area contributed by atoms with Gasteiger partial charge in [-0.2, -0.15) is 0 Å². The second kappa shape index (κ2) is 5.70. The third-order valence-electron chi connectivity index (χ3n) is 7.10. The highest BCUT2D eigenvalue weighted by Crippen LogP contribution is 2.62. The molecule has 1 heterocycles. The van der Waals surface area contributed by atoms with Crippen LogP contribution in [0.1, 0.15) is 58.9 Å². The molecule has 4 heteroatoms. The lowest BCUT2D eigenvalue weighted by atomic mass is 9.43. The Hall–Kier alpha value is -1.13. The molecule has 2 fully saturated rings. The van der Waals surface area contributed by atoms with Crippen LogP contribution < -0.4 is 0 Å². The number of aliphatic hydroxyl groups excluding tert-OH is 1. The molecule has 2 aliphatic carbocycles. The van der Waals surface area contributed by atoms with Crippen molar-refractivity contribution in [1.29, 1.82) is 0 Å². The van der Waals surface area contributed by atoms with E-state index in [1.807, 2.05) is 13.0 Å². The molecule has 0 bridgehead atoms. The van der Waals surface area contributed by atoms with Crippen molar-refractivity contribution in [3.63, 3.8) is 0 Å². The molecule has 5 atom stereocenters. The number of fused-ring (bicyclic) bond motifs is 1. The first-order valence-corrected chi connectivity index (χ1v) is 9.09. The molecular formula is C20H30O4. The first kappa shape index (κ1) is 17.7. The van der Waals surface area contributed by atoms with Gasteiger partial charge in [0.1, 0.15) is 6.10 Å². The summed E-state index contributed by atoms with van der Waals surface area (Å²) in [5.41, 5.74) is -0.736. The van der Waals surface area contributed by atoms with Crippen LogP contribution in [0.15, 0.2) is 23.0 Å². The van der Waals surface area contributed by atoms with Crippen molar-refractivity contribution < 1.29 is 19.4 Å². The zero-order valence-corrected chi connectivity index (χ0v) is 15.2. The Balaban J connectivity index is 2.00. The molecule has 1 aromatic heterocycles. The van der Waals surface area contributed by atoms with Gasteiger partial charge >= 0.3 is 0 Å². The zero-order valence-electron chi connectivity index (χ0n) is 15.2. The van der Waals surface area contributed by atoms with Gasteiger partial charge in [0.05, 0.1) is 18.1 Å². The van der Waals surface area contributed by atoms with Gasteiger partial charge in [-0.25, -0.2) is 0 Å². The molecule has 1 aromatic rings. The third kappa shape index (κ3) is 2.38. The van der Waals surface area contributed by atoms with Gasteiger partial charge in [-0.3, -0.25) is 4.79 Å². The molecule has 24 heavy (non-hydrogen) atoms. The van der Waals surface area contributed by atoms with Crippen LogP contribution in [-0.2, 0) is 11.2 Å². The van der Waals surface area contributed by atoms with E-state index < -0.39 is 23.0 Å². The van der Waals surface area contributed by atoms with Crippen molar-refractivity contribution in [2.24, 2.45) is 22.7 Å². The predicted molar refractivity (Wildman–Crippen MR) is 91.4 cm³/mol. The molecule has 0 spiro atoms. The number of hydrogen-bond acceptors (Lipinski definition) is 4. The summed E-state index contributed by atoms with van der Waals surface area (Å²) in [7, 11) is 0. The highest BCUT2D eigenvalue weighted by atomic mass is 16.3. The van der Waals surface area contributed by atoms with Crippen LogP contribution in [0.4, 0.5) is 0 Å². The Morgan fingerprint density at radius 3 is 2.62 bits per heavy atom. The van der Waals surface area contributed by atoms with Gasteiger partial charge in [0, 0.05) is 17.3 Å². The van der Waals surface area contributed by atoms with Gasteiger partial charge in [0.15, 0.2) is 5.78 Å². The molecule has 2 aliphatic rings. The summed E-state index contributed by atoms with van der Waals surface area (Å²) in [5, 5.41) is 22.4. The van der Waals surface area contributed by atoms with Crippen molar-refractivity contribution in [3.8, 4) is 0 Å². The van der Waals surface area contributed by atoms with Crippen molar-refractivity contribution in [1.82, 2.24) is 0 Å². The van der Waals surface area contributed by atoms with Gasteiger partial charge < -0.3 is 14.6 Å². The first-order chi connectivity index (χ1) is 11.1. The highest BCUT2D eigenvalue weighted by Gasteiger charge is 2.66. The van der Waals surface area contributed by atoms with Crippen LogP contribution in [-0.4, -0.2) is 27.7 Å². The molecule has 0 amide bonds. The van der Waals surface area contributed by atoms with Crippen molar-refractivity contribution in [2.75, 3.05) is 0 Å². The maximum Gasteiger partial charge on any atom is 0.165 e. The van der Waals surface area contributed by atoms with Crippen LogP contribution in [0, 0.1) is 22.7 Å². The Bertz CT molecular complexity index is 605. The monoisotopic (exact) mass is 334 g/mol. The Labute approximate surface area is 144 Å². The van der Waals surface area contributed by atoms with Crippen LogP contribution in [0.3, 0.4) is 0 Å². The van der Waals surface area contributed by atoms with Crippen molar-refractivity contribution in [3.05, 3.63) is 24.2 Å². The fourth-order valence-electron chi connectivity index (χ4n) is 5.71. The maximum absolute atomic E-state index is 12.9. The molecule has 0 radical (unpaired) electrons. The number of carbonyl (C=O) groups excluding carboxylic acids is 1. The lowest BCUT2D eigenvalue weighted by Crippen LogP contribution is -2.69. The summed E-state index contributed by atoms with van der Waals surface area (Å²) >= 11 is 0. The summed E-state index contributed by atoms with van der Waals surface area (Å²) in [4.78, 5) is 12.9. The summed E-state index contributed by atoms with van der Waals surface area (Å²) in [5.74, 6) is -0.853. The van der Waals surface area contributed by atoms with Gasteiger partial charge in [0.2, 0.25) is 0 Å². The maximum atomic E-state index is 12.9. The Morgan fingerprint density at radius 2 is 2.00 bits per heavy atom. The number of Topliss-reactive ketones (excluding diaryl/α,β-unsaturated/α-hetero) is 1. The molecule has 4 nitrogen and oxygen atoms in total. The SMILES string of the molecule is CC1C(O)C(=O)C2C(C)(C)CCCC2(C)C1(O)CCc1ccoc1. The lowest BCUT2D eigenvalue weighted by Gasteiger charge is -2.63. The lowest BCUT2D eigenvalue weighted by molar-refractivity contribution is -0.229. The normalized spacial score (nSPS) is 41.9. The van der Waals surface area contributed by atoms with Gasteiger partial charge in [-0.15, -0.1) is 0 Å². The molecular weight excluding hydrogens is 304 g/mol. The van der Waals surface area contributed by atoms with Crippen molar-refractivity contribution in [2.45, 2.75) is 71.5 Å². The number of hydrogen-bond donors (Lipinski definition) is 2. The van der Waals surface area contributed by atoms with E-state index >= 15 is 0 Å². The van der Waals surface area contributed by atoms with Crippen molar-refractivity contribution >= 4 is 5.78 Å². The summed E-state index contributed by atoms with van der Waals surface area (Å²) in [6, 6.07) is 1.91. The second-order valence-corrected chi connectivity index (χ2v) is 8.88. The quantitative estimate of drug-likeness (QED) is 0.889. The minimum atomic E-state index is -1.09. The smallest absolute Gasteiger partial charge is 0.165 e. The standard InChI is InChI=1S/C20H30O4/c1-13-15(21)16(22)17-18(2,3)8-5-9-19(17,4)20(13,23)10-6-14-7-11-24-12-14/h7,11-13,15,17,21,23H,5-6,8-10H2,1-4H3. The molecule has 134 valence electrons. The Kier molecular flexibility index (Phi) is 4.20. The van der Waals surface area contributed by atoms with Gasteiger partial charge in [0.25, 0.3) is 0 Å².